The number of rotatable bonds is 7. The monoisotopic (exact) mass is 401 g/mol. The predicted octanol–water partition coefficient (Wildman–Crippen LogP) is 4.68. The summed E-state index contributed by atoms with van der Waals surface area (Å²) in [6.07, 6.45) is 2.38. The Hall–Kier alpha value is -2.31. The number of nitrogens with one attached hydrogen (secondary N) is 1. The molecule has 1 aromatic carbocycles. The number of benzene rings is 1. The first kappa shape index (κ1) is 19.5. The van der Waals surface area contributed by atoms with Crippen molar-refractivity contribution in [1.29, 1.82) is 0 Å². The Bertz CT molecular complexity index is 929. The zero-order valence-electron chi connectivity index (χ0n) is 15.1. The highest BCUT2D eigenvalue weighted by molar-refractivity contribution is 7.98. The quantitative estimate of drug-likeness (QED) is 0.582. The maximum absolute atomic E-state index is 12.7. The number of halogens is 1. The number of pyridine rings is 1. The molecule has 1 N–H and O–H groups in total. The van der Waals surface area contributed by atoms with Crippen molar-refractivity contribution in [2.75, 3.05) is 0 Å². The van der Waals surface area contributed by atoms with E-state index in [9.17, 15) is 4.79 Å². The van der Waals surface area contributed by atoms with Crippen LogP contribution in [-0.2, 0) is 12.2 Å². The van der Waals surface area contributed by atoms with Gasteiger partial charge in [-0.15, -0.1) is 0 Å². The minimum atomic E-state index is -0.142. The minimum Gasteiger partial charge on any atom is -0.361 e. The summed E-state index contributed by atoms with van der Waals surface area (Å²) in [5.41, 5.74) is 2.46. The van der Waals surface area contributed by atoms with Gasteiger partial charge >= 0.3 is 0 Å². The van der Waals surface area contributed by atoms with Gasteiger partial charge in [0.15, 0.2) is 0 Å². The first-order chi connectivity index (χ1) is 13.0. The molecule has 0 fully saturated rings. The molecule has 0 saturated carbocycles. The molecular weight excluding hydrogens is 382 g/mol. The molecule has 0 unspecified atom stereocenters. The van der Waals surface area contributed by atoms with Gasteiger partial charge in [-0.25, -0.2) is 4.98 Å². The van der Waals surface area contributed by atoms with E-state index in [-0.39, 0.29) is 11.9 Å². The van der Waals surface area contributed by atoms with Crippen LogP contribution in [0.1, 0.15) is 34.3 Å². The molecule has 3 rings (SSSR count). The van der Waals surface area contributed by atoms with Gasteiger partial charge in [0, 0.05) is 29.1 Å². The van der Waals surface area contributed by atoms with Crippen LogP contribution in [0.25, 0.3) is 0 Å². The van der Waals surface area contributed by atoms with E-state index in [1.807, 2.05) is 44.2 Å². The van der Waals surface area contributed by atoms with Gasteiger partial charge in [-0.3, -0.25) is 4.79 Å². The van der Waals surface area contributed by atoms with Gasteiger partial charge < -0.3 is 9.84 Å². The van der Waals surface area contributed by atoms with Gasteiger partial charge in [-0.2, -0.15) is 0 Å². The van der Waals surface area contributed by atoms with E-state index in [0.717, 1.165) is 17.0 Å². The van der Waals surface area contributed by atoms with E-state index in [1.54, 1.807) is 18.3 Å². The van der Waals surface area contributed by atoms with E-state index in [2.05, 4.69) is 15.5 Å². The van der Waals surface area contributed by atoms with E-state index in [1.165, 1.54) is 11.8 Å². The Morgan fingerprint density at radius 2 is 2.15 bits per heavy atom. The highest BCUT2D eigenvalue weighted by Crippen LogP contribution is 2.24. The smallest absolute Gasteiger partial charge is 0.254 e. The normalized spacial score (nSPS) is 12.0. The van der Waals surface area contributed by atoms with Crippen molar-refractivity contribution in [1.82, 2.24) is 15.5 Å². The largest absolute Gasteiger partial charge is 0.361 e. The summed E-state index contributed by atoms with van der Waals surface area (Å²) in [6.45, 7) is 3.82. The number of aromatic nitrogens is 2. The molecule has 140 valence electrons. The van der Waals surface area contributed by atoms with Crippen LogP contribution in [-0.4, -0.2) is 22.1 Å². The second-order valence-corrected chi connectivity index (χ2v) is 7.68. The van der Waals surface area contributed by atoms with Crippen molar-refractivity contribution in [3.63, 3.8) is 0 Å². The van der Waals surface area contributed by atoms with E-state index in [4.69, 9.17) is 16.1 Å². The van der Waals surface area contributed by atoms with Crippen LogP contribution >= 0.6 is 23.4 Å². The lowest BCUT2D eigenvalue weighted by molar-refractivity contribution is 0.0936. The molecule has 0 bridgehead atoms. The first-order valence-electron chi connectivity index (χ1n) is 8.56. The third kappa shape index (κ3) is 5.58. The fourth-order valence-corrected chi connectivity index (χ4v) is 3.76. The van der Waals surface area contributed by atoms with Gasteiger partial charge in [0.05, 0.1) is 11.3 Å². The summed E-state index contributed by atoms with van der Waals surface area (Å²) in [6, 6.07) is 13.0. The average Bonchev–Trinajstić information content (AvgIpc) is 3.05. The summed E-state index contributed by atoms with van der Waals surface area (Å²) in [5.74, 6) is 1.21. The number of hydrogen-bond acceptors (Lipinski definition) is 5. The van der Waals surface area contributed by atoms with Crippen LogP contribution in [0.2, 0.25) is 5.02 Å². The van der Waals surface area contributed by atoms with Crippen LogP contribution in [0, 0.1) is 6.92 Å². The number of hydrogen-bond donors (Lipinski definition) is 1. The summed E-state index contributed by atoms with van der Waals surface area (Å²) in [5, 5.41) is 8.38. The van der Waals surface area contributed by atoms with Crippen LogP contribution in [0.15, 0.2) is 58.2 Å². The molecule has 0 aliphatic rings. The van der Waals surface area contributed by atoms with Gasteiger partial charge in [-0.1, -0.05) is 40.7 Å². The Kier molecular flexibility index (Phi) is 6.53. The molecule has 3 aromatic rings. The topological polar surface area (TPSA) is 68.0 Å². The zero-order chi connectivity index (χ0) is 19.2. The number of amides is 1. The molecule has 0 aliphatic carbocycles. The lowest BCUT2D eigenvalue weighted by atomic mass is 10.1. The van der Waals surface area contributed by atoms with E-state index >= 15 is 0 Å². The Morgan fingerprint density at radius 1 is 1.30 bits per heavy atom. The van der Waals surface area contributed by atoms with Crippen LogP contribution in [0.3, 0.4) is 0 Å². The number of carbonyl (C=O) groups excluding carboxylic acids is 1. The highest BCUT2D eigenvalue weighted by Gasteiger charge is 2.16. The lowest BCUT2D eigenvalue weighted by Gasteiger charge is -2.15. The average molecular weight is 402 g/mol. The van der Waals surface area contributed by atoms with E-state index < -0.39 is 0 Å². The molecule has 1 atom stereocenters. The maximum atomic E-state index is 12.7. The predicted molar refractivity (Wildman–Crippen MR) is 107 cm³/mol. The second kappa shape index (κ2) is 9.06. The van der Waals surface area contributed by atoms with Gasteiger partial charge in [0.1, 0.15) is 10.8 Å². The molecule has 0 saturated heterocycles. The van der Waals surface area contributed by atoms with Gasteiger partial charge in [0.2, 0.25) is 0 Å². The molecule has 5 nitrogen and oxygen atoms in total. The Labute approximate surface area is 167 Å². The highest BCUT2D eigenvalue weighted by atomic mass is 35.5. The fraction of sp³-hybridized carbons (Fsp3) is 0.250. The van der Waals surface area contributed by atoms with Gasteiger partial charge in [-0.05, 0) is 50.1 Å². The SMILES string of the molecule is Cc1cc(CSc2ncccc2C(=O)N[C@H](C)Cc2cccc(Cl)c2)no1. The summed E-state index contributed by atoms with van der Waals surface area (Å²) < 4.78 is 5.08. The van der Waals surface area contributed by atoms with Crippen molar-refractivity contribution < 1.29 is 9.32 Å². The first-order valence-corrected chi connectivity index (χ1v) is 9.93. The molecule has 1 amide bonds. The number of nitrogens with zero attached hydrogens (tertiary/aromatic N) is 2. The van der Waals surface area contributed by atoms with Crippen molar-refractivity contribution in [2.45, 2.75) is 37.1 Å². The molecular formula is C20H20ClN3O2S. The molecule has 0 aliphatic heterocycles. The van der Waals surface area contributed by atoms with Crippen LogP contribution < -0.4 is 5.32 Å². The number of aryl methyl sites for hydroxylation is 1. The van der Waals surface area contributed by atoms with Crippen molar-refractivity contribution in [3.8, 4) is 0 Å². The molecule has 0 radical (unpaired) electrons. The standard InChI is InChI=1S/C20H20ClN3O2S/c1-13(9-15-5-3-6-16(21)11-15)23-19(25)18-7-4-8-22-20(18)27-12-17-10-14(2)26-24-17/h3-8,10-11,13H,9,12H2,1-2H3,(H,23,25)/t13-/m1/s1. The Morgan fingerprint density at radius 3 is 2.89 bits per heavy atom. The van der Waals surface area contributed by atoms with Crippen LogP contribution in [0.4, 0.5) is 0 Å². The lowest BCUT2D eigenvalue weighted by Crippen LogP contribution is -2.34. The fourth-order valence-electron chi connectivity index (χ4n) is 2.68. The number of carbonyl (C=O) groups is 1. The van der Waals surface area contributed by atoms with E-state index in [0.29, 0.717) is 27.8 Å². The van der Waals surface area contributed by atoms with Crippen molar-refractivity contribution in [2.24, 2.45) is 0 Å². The van der Waals surface area contributed by atoms with Crippen molar-refractivity contribution >= 4 is 29.3 Å². The summed E-state index contributed by atoms with van der Waals surface area (Å²) >= 11 is 7.49. The molecule has 0 spiro atoms. The minimum absolute atomic E-state index is 0.0350. The molecule has 2 heterocycles. The van der Waals surface area contributed by atoms with Gasteiger partial charge in [0.25, 0.3) is 5.91 Å². The number of thioether (sulfide) groups is 1. The Balaban J connectivity index is 1.63. The molecule has 2 aromatic heterocycles. The third-order valence-electron chi connectivity index (χ3n) is 3.86. The second-order valence-electron chi connectivity index (χ2n) is 6.28. The maximum Gasteiger partial charge on any atom is 0.254 e. The molecule has 27 heavy (non-hydrogen) atoms. The summed E-state index contributed by atoms with van der Waals surface area (Å²) in [4.78, 5) is 17.1. The third-order valence-corrected chi connectivity index (χ3v) is 5.13. The summed E-state index contributed by atoms with van der Waals surface area (Å²) in [7, 11) is 0. The van der Waals surface area contributed by atoms with Crippen molar-refractivity contribution in [3.05, 3.63) is 76.3 Å². The van der Waals surface area contributed by atoms with Crippen LogP contribution in [0.5, 0.6) is 0 Å². The zero-order valence-corrected chi connectivity index (χ0v) is 16.7. The molecule has 7 heteroatoms.